The normalized spacial score (nSPS) is 15.0. The molecular weight excluding hydrogens is 366 g/mol. The molecule has 7 nitrogen and oxygen atoms in total. The van der Waals surface area contributed by atoms with Crippen molar-refractivity contribution in [1.82, 2.24) is 19.8 Å². The summed E-state index contributed by atoms with van der Waals surface area (Å²) in [5.74, 6) is 1.30. The third kappa shape index (κ3) is 4.36. The molecule has 2 N–H and O–H groups in total. The van der Waals surface area contributed by atoms with Crippen LogP contribution in [0.15, 0.2) is 48.5 Å². The van der Waals surface area contributed by atoms with Crippen LogP contribution in [0.25, 0.3) is 10.9 Å². The summed E-state index contributed by atoms with van der Waals surface area (Å²) in [6.45, 7) is 4.11. The van der Waals surface area contributed by atoms with Gasteiger partial charge in [0.15, 0.2) is 0 Å². The van der Waals surface area contributed by atoms with E-state index in [-0.39, 0.29) is 5.91 Å². The van der Waals surface area contributed by atoms with Gasteiger partial charge in [-0.2, -0.15) is 0 Å². The van der Waals surface area contributed by atoms with Crippen LogP contribution in [0.2, 0.25) is 0 Å². The molecule has 7 heteroatoms. The average molecular weight is 391 g/mol. The van der Waals surface area contributed by atoms with Gasteiger partial charge in [-0.3, -0.25) is 9.69 Å². The van der Waals surface area contributed by atoms with Crippen LogP contribution < -0.4 is 5.73 Å². The van der Waals surface area contributed by atoms with Gasteiger partial charge in [-0.25, -0.2) is 9.97 Å². The summed E-state index contributed by atoms with van der Waals surface area (Å²) in [5.41, 5.74) is 8.72. The van der Waals surface area contributed by atoms with Crippen LogP contribution >= 0.6 is 0 Å². The number of methoxy groups -OCH3 is 1. The van der Waals surface area contributed by atoms with E-state index in [1.54, 1.807) is 7.11 Å². The second-order valence-electron chi connectivity index (χ2n) is 7.24. The smallest absolute Gasteiger partial charge is 0.253 e. The Morgan fingerprint density at radius 2 is 1.76 bits per heavy atom. The molecule has 29 heavy (non-hydrogen) atoms. The highest BCUT2D eigenvalue weighted by molar-refractivity contribution is 5.94. The first-order chi connectivity index (χ1) is 14.1. The number of nitrogens with two attached hydrogens (primary N) is 1. The topological polar surface area (TPSA) is 84.6 Å². The van der Waals surface area contributed by atoms with Crippen molar-refractivity contribution in [1.29, 1.82) is 0 Å². The van der Waals surface area contributed by atoms with E-state index in [0.717, 1.165) is 35.4 Å². The van der Waals surface area contributed by atoms with Gasteiger partial charge in [-0.05, 0) is 29.8 Å². The van der Waals surface area contributed by atoms with Crippen LogP contribution in [-0.4, -0.2) is 59.0 Å². The van der Waals surface area contributed by atoms with E-state index in [0.29, 0.717) is 37.6 Å². The number of nitrogen functional groups attached to an aromatic ring is 1. The van der Waals surface area contributed by atoms with E-state index >= 15 is 0 Å². The third-order valence-electron chi connectivity index (χ3n) is 5.22. The lowest BCUT2D eigenvalue weighted by molar-refractivity contribution is 0.0625. The van der Waals surface area contributed by atoms with Crippen molar-refractivity contribution in [2.75, 3.05) is 39.0 Å². The van der Waals surface area contributed by atoms with Crippen molar-refractivity contribution in [2.45, 2.75) is 13.2 Å². The highest BCUT2D eigenvalue weighted by Gasteiger charge is 2.23. The number of fused-ring (bicyclic) bond motifs is 1. The molecule has 150 valence electrons. The fourth-order valence-corrected chi connectivity index (χ4v) is 3.62. The van der Waals surface area contributed by atoms with Crippen molar-refractivity contribution >= 4 is 22.6 Å². The van der Waals surface area contributed by atoms with Crippen LogP contribution in [0.5, 0.6) is 0 Å². The van der Waals surface area contributed by atoms with Crippen LogP contribution in [0.3, 0.4) is 0 Å². The third-order valence-corrected chi connectivity index (χ3v) is 5.22. The van der Waals surface area contributed by atoms with Gasteiger partial charge in [0.2, 0.25) is 0 Å². The number of carbonyl (C=O) groups is 1. The number of rotatable bonds is 5. The number of benzene rings is 2. The maximum atomic E-state index is 12.8. The molecule has 0 saturated carbocycles. The summed E-state index contributed by atoms with van der Waals surface area (Å²) >= 11 is 0. The van der Waals surface area contributed by atoms with Crippen molar-refractivity contribution in [3.63, 3.8) is 0 Å². The molecule has 1 amide bonds. The molecule has 3 aromatic rings. The highest BCUT2D eigenvalue weighted by atomic mass is 16.5. The second-order valence-corrected chi connectivity index (χ2v) is 7.24. The number of nitrogens with zero attached hydrogens (tertiary/aromatic N) is 4. The molecule has 0 atom stereocenters. The van der Waals surface area contributed by atoms with Gasteiger partial charge in [0.05, 0.1) is 18.7 Å². The summed E-state index contributed by atoms with van der Waals surface area (Å²) in [5, 5.41) is 0.878. The van der Waals surface area contributed by atoms with Gasteiger partial charge in [-0.1, -0.05) is 24.3 Å². The van der Waals surface area contributed by atoms with E-state index in [2.05, 4.69) is 14.9 Å². The van der Waals surface area contributed by atoms with Gasteiger partial charge in [-0.15, -0.1) is 0 Å². The Bertz CT molecular complexity index is 998. The molecule has 0 unspecified atom stereocenters. The molecular formula is C22H25N5O2. The van der Waals surface area contributed by atoms with Crippen molar-refractivity contribution in [3.05, 3.63) is 65.5 Å². The number of piperazine rings is 1. The molecule has 0 aliphatic carbocycles. The monoisotopic (exact) mass is 391 g/mol. The molecule has 1 aliphatic heterocycles. The zero-order chi connectivity index (χ0) is 20.2. The maximum absolute atomic E-state index is 12.8. The number of para-hydroxylation sites is 1. The predicted octanol–water partition coefficient (Wildman–Crippen LogP) is 2.32. The molecule has 0 spiro atoms. The van der Waals surface area contributed by atoms with Gasteiger partial charge in [0.1, 0.15) is 11.6 Å². The standard InChI is InChI=1S/C22H25N5O2/c1-29-15-16-6-8-17(9-7-16)22(28)27-12-10-26(11-13-27)14-20-24-19-5-3-2-4-18(19)21(23)25-20/h2-9H,10-15H2,1H3,(H2,23,24,25). The molecule has 2 heterocycles. The minimum absolute atomic E-state index is 0.0693. The maximum Gasteiger partial charge on any atom is 0.253 e. The Hall–Kier alpha value is -3.03. The Labute approximate surface area is 170 Å². The molecule has 2 aromatic carbocycles. The molecule has 1 saturated heterocycles. The van der Waals surface area contributed by atoms with Gasteiger partial charge < -0.3 is 15.4 Å². The fraction of sp³-hybridized carbons (Fsp3) is 0.318. The van der Waals surface area contributed by atoms with E-state index in [1.807, 2.05) is 53.4 Å². The van der Waals surface area contributed by atoms with E-state index in [9.17, 15) is 4.79 Å². The Balaban J connectivity index is 1.36. The van der Waals surface area contributed by atoms with Gasteiger partial charge in [0, 0.05) is 44.2 Å². The zero-order valence-electron chi connectivity index (χ0n) is 16.5. The first-order valence-electron chi connectivity index (χ1n) is 9.74. The van der Waals surface area contributed by atoms with Crippen molar-refractivity contribution < 1.29 is 9.53 Å². The summed E-state index contributed by atoms with van der Waals surface area (Å²) in [4.78, 5) is 26.0. The van der Waals surface area contributed by atoms with Crippen LogP contribution in [0.4, 0.5) is 5.82 Å². The Morgan fingerprint density at radius 1 is 1.03 bits per heavy atom. The summed E-state index contributed by atoms with van der Waals surface area (Å²) in [6.07, 6.45) is 0. The molecule has 0 bridgehead atoms. The fourth-order valence-electron chi connectivity index (χ4n) is 3.62. The van der Waals surface area contributed by atoms with Crippen molar-refractivity contribution in [3.8, 4) is 0 Å². The Kier molecular flexibility index (Phi) is 5.69. The minimum Gasteiger partial charge on any atom is -0.383 e. The van der Waals surface area contributed by atoms with Crippen LogP contribution in [0.1, 0.15) is 21.7 Å². The average Bonchev–Trinajstić information content (AvgIpc) is 2.75. The number of hydrogen-bond donors (Lipinski definition) is 1. The first kappa shape index (κ1) is 19.3. The summed E-state index contributed by atoms with van der Waals surface area (Å²) in [6, 6.07) is 15.4. The first-order valence-corrected chi connectivity index (χ1v) is 9.74. The van der Waals surface area contributed by atoms with Crippen molar-refractivity contribution in [2.24, 2.45) is 0 Å². The summed E-state index contributed by atoms with van der Waals surface area (Å²) in [7, 11) is 1.66. The number of aromatic nitrogens is 2. The molecule has 1 aromatic heterocycles. The largest absolute Gasteiger partial charge is 0.383 e. The number of hydrogen-bond acceptors (Lipinski definition) is 6. The lowest BCUT2D eigenvalue weighted by atomic mass is 10.1. The molecule has 1 fully saturated rings. The predicted molar refractivity (Wildman–Crippen MR) is 112 cm³/mol. The summed E-state index contributed by atoms with van der Waals surface area (Å²) < 4.78 is 5.12. The molecule has 1 aliphatic rings. The number of carbonyl (C=O) groups excluding carboxylic acids is 1. The van der Waals surface area contributed by atoms with E-state index < -0.39 is 0 Å². The zero-order valence-corrected chi connectivity index (χ0v) is 16.5. The molecule has 4 rings (SSSR count). The number of amides is 1. The van der Waals surface area contributed by atoms with E-state index in [4.69, 9.17) is 10.5 Å². The highest BCUT2D eigenvalue weighted by Crippen LogP contribution is 2.18. The van der Waals surface area contributed by atoms with Crippen LogP contribution in [0, 0.1) is 0 Å². The van der Waals surface area contributed by atoms with Gasteiger partial charge >= 0.3 is 0 Å². The minimum atomic E-state index is 0.0693. The van der Waals surface area contributed by atoms with Crippen LogP contribution in [-0.2, 0) is 17.9 Å². The number of anilines is 1. The second kappa shape index (κ2) is 8.55. The Morgan fingerprint density at radius 3 is 2.48 bits per heavy atom. The lowest BCUT2D eigenvalue weighted by Crippen LogP contribution is -2.48. The SMILES string of the molecule is COCc1ccc(C(=O)N2CCN(Cc3nc(N)c4ccccc4n3)CC2)cc1. The number of ether oxygens (including phenoxy) is 1. The quantitative estimate of drug-likeness (QED) is 0.719. The molecule has 0 radical (unpaired) electrons. The van der Waals surface area contributed by atoms with Gasteiger partial charge in [0.25, 0.3) is 5.91 Å². The van der Waals surface area contributed by atoms with E-state index in [1.165, 1.54) is 0 Å². The lowest BCUT2D eigenvalue weighted by Gasteiger charge is -2.34.